The fourth-order valence-corrected chi connectivity index (χ4v) is 8.91. The first-order valence-corrected chi connectivity index (χ1v) is 18.8. The first-order chi connectivity index (χ1) is 25.4. The largest absolute Gasteiger partial charge is 0.493 e. The average Bonchev–Trinajstić information content (AvgIpc) is 3.89. The third kappa shape index (κ3) is 6.78. The Kier molecular flexibility index (Phi) is 9.69. The van der Waals surface area contributed by atoms with Gasteiger partial charge in [-0.1, -0.05) is 11.3 Å². The van der Waals surface area contributed by atoms with Crippen LogP contribution in [0.1, 0.15) is 78.9 Å². The van der Waals surface area contributed by atoms with Crippen LogP contribution < -0.4 is 15.0 Å². The number of H-pyrrole nitrogens is 1. The van der Waals surface area contributed by atoms with Crippen LogP contribution in [0, 0.1) is 11.2 Å². The number of benzene rings is 1. The maximum absolute atomic E-state index is 16.8. The normalized spacial score (nSPS) is 19.7. The number of aromatic amines is 1. The van der Waals surface area contributed by atoms with Crippen molar-refractivity contribution in [3.63, 3.8) is 0 Å². The number of aromatic nitrogens is 5. The zero-order chi connectivity index (χ0) is 35.7. The first kappa shape index (κ1) is 34.3. The summed E-state index contributed by atoms with van der Waals surface area (Å²) in [6, 6.07) is 7.67. The number of rotatable bonds is 8. The quantitative estimate of drug-likeness (QED) is 0.262. The molecule has 0 bridgehead atoms. The minimum atomic E-state index is -0.362. The number of pyridine rings is 1. The molecule has 0 radical (unpaired) electrons. The monoisotopic (exact) mass is 709 g/mol. The van der Waals surface area contributed by atoms with Gasteiger partial charge in [0.25, 0.3) is 5.91 Å². The number of nitrogens with one attached hydrogen (secondary N) is 2. The van der Waals surface area contributed by atoms with Gasteiger partial charge >= 0.3 is 0 Å². The van der Waals surface area contributed by atoms with Crippen LogP contribution in [-0.4, -0.2) is 106 Å². The molecule has 12 nitrogen and oxygen atoms in total. The maximum Gasteiger partial charge on any atom is 0.270 e. The van der Waals surface area contributed by atoms with Gasteiger partial charge < -0.3 is 29.7 Å². The van der Waals surface area contributed by atoms with Crippen molar-refractivity contribution in [1.29, 1.82) is 0 Å². The number of ether oxygens (including phenoxy) is 1. The molecule has 3 aromatic heterocycles. The molecule has 13 heteroatoms. The van der Waals surface area contributed by atoms with Crippen LogP contribution in [0.25, 0.3) is 16.5 Å². The summed E-state index contributed by atoms with van der Waals surface area (Å²) in [5.74, 6) is 1.26. The molecule has 274 valence electrons. The number of halogens is 1. The summed E-state index contributed by atoms with van der Waals surface area (Å²) < 4.78 is 24.0. The molecule has 4 aliphatic rings. The Balaban J connectivity index is 1.06. The Morgan fingerprint density at radius 1 is 1.02 bits per heavy atom. The highest BCUT2D eigenvalue weighted by atomic mass is 19.1. The number of piperidine rings is 1. The van der Waals surface area contributed by atoms with E-state index in [-0.39, 0.29) is 23.5 Å². The number of carbonyl (C=O) groups is 2. The molecule has 0 unspecified atom stereocenters. The van der Waals surface area contributed by atoms with Crippen LogP contribution >= 0.6 is 0 Å². The van der Waals surface area contributed by atoms with E-state index in [1.807, 2.05) is 34.1 Å². The summed E-state index contributed by atoms with van der Waals surface area (Å²) in [6.45, 7) is 5.80. The lowest BCUT2D eigenvalue weighted by Gasteiger charge is -2.43. The topological polar surface area (TPSA) is 125 Å². The van der Waals surface area contributed by atoms with Crippen LogP contribution in [0.3, 0.4) is 0 Å². The van der Waals surface area contributed by atoms with Gasteiger partial charge in [0.15, 0.2) is 17.4 Å². The van der Waals surface area contributed by atoms with E-state index in [1.165, 1.54) is 12.8 Å². The fraction of sp³-hybridized carbons (Fsp3) is 0.513. The number of piperazine rings is 1. The van der Waals surface area contributed by atoms with Crippen molar-refractivity contribution in [2.45, 2.75) is 63.8 Å². The third-order valence-electron chi connectivity index (χ3n) is 12.0. The second-order valence-corrected chi connectivity index (χ2v) is 14.9. The number of methoxy groups -OCH3 is 1. The molecule has 0 atom stereocenters. The van der Waals surface area contributed by atoms with Gasteiger partial charge in [-0.05, 0) is 105 Å². The molecule has 2 amide bonds. The van der Waals surface area contributed by atoms with Crippen LogP contribution in [0.5, 0.6) is 5.75 Å². The highest BCUT2D eigenvalue weighted by Crippen LogP contribution is 2.49. The third-order valence-corrected chi connectivity index (χ3v) is 12.0. The number of fused-ring (bicyclic) bond motifs is 1. The van der Waals surface area contributed by atoms with Crippen LogP contribution in [-0.2, 0) is 11.3 Å². The lowest BCUT2D eigenvalue weighted by Crippen LogP contribution is -2.49. The zero-order valence-electron chi connectivity index (χ0n) is 30.0. The minimum absolute atomic E-state index is 0.0108. The second kappa shape index (κ2) is 14.7. The van der Waals surface area contributed by atoms with E-state index >= 15 is 4.39 Å². The summed E-state index contributed by atoms with van der Waals surface area (Å²) in [5, 5.41) is 12.1. The Bertz CT molecular complexity index is 1930. The molecule has 8 rings (SSSR count). The van der Waals surface area contributed by atoms with Crippen molar-refractivity contribution in [3.8, 4) is 5.75 Å². The lowest BCUT2D eigenvalue weighted by molar-refractivity contribution is -0.131. The average molecular weight is 710 g/mol. The van der Waals surface area contributed by atoms with Crippen molar-refractivity contribution >= 4 is 34.1 Å². The van der Waals surface area contributed by atoms with E-state index < -0.39 is 0 Å². The van der Waals surface area contributed by atoms with Gasteiger partial charge in [0.1, 0.15) is 5.69 Å². The summed E-state index contributed by atoms with van der Waals surface area (Å²) in [7, 11) is 1.64. The van der Waals surface area contributed by atoms with Crippen molar-refractivity contribution in [2.24, 2.45) is 5.41 Å². The summed E-state index contributed by atoms with van der Waals surface area (Å²) in [6.07, 6.45) is 14.9. The Labute approximate surface area is 303 Å². The van der Waals surface area contributed by atoms with Crippen molar-refractivity contribution in [3.05, 3.63) is 71.6 Å². The van der Waals surface area contributed by atoms with Gasteiger partial charge in [-0.25, -0.2) is 9.37 Å². The molecule has 1 aromatic carbocycles. The van der Waals surface area contributed by atoms with Crippen LogP contribution in [0.2, 0.25) is 0 Å². The zero-order valence-corrected chi connectivity index (χ0v) is 30.0. The molecule has 1 spiro atoms. The number of hydrogen-bond donors (Lipinski definition) is 2. The molecular weight excluding hydrogens is 661 g/mol. The van der Waals surface area contributed by atoms with E-state index in [9.17, 15) is 9.59 Å². The minimum Gasteiger partial charge on any atom is -0.493 e. The first-order valence-electron chi connectivity index (χ1n) is 18.8. The van der Waals surface area contributed by atoms with Crippen LogP contribution in [0.4, 0.5) is 10.2 Å². The number of anilines is 1. The number of carbonyl (C=O) groups excluding carboxylic acids is 2. The van der Waals surface area contributed by atoms with Crippen molar-refractivity contribution in [2.75, 3.05) is 64.4 Å². The van der Waals surface area contributed by atoms with E-state index in [2.05, 4.69) is 36.6 Å². The predicted molar refractivity (Wildman–Crippen MR) is 197 cm³/mol. The van der Waals surface area contributed by atoms with E-state index in [4.69, 9.17) is 4.74 Å². The molecular formula is C39H48FN9O3. The molecule has 4 aromatic rings. The Morgan fingerprint density at radius 2 is 1.83 bits per heavy atom. The second-order valence-electron chi connectivity index (χ2n) is 14.9. The van der Waals surface area contributed by atoms with Gasteiger partial charge in [0, 0.05) is 69.0 Å². The Morgan fingerprint density at radius 3 is 2.58 bits per heavy atom. The summed E-state index contributed by atoms with van der Waals surface area (Å²) in [4.78, 5) is 40.9. The van der Waals surface area contributed by atoms with Gasteiger partial charge in [0.2, 0.25) is 5.91 Å². The number of nitrogens with zero attached hydrogens (tertiary/aromatic N) is 7. The van der Waals surface area contributed by atoms with Gasteiger partial charge in [-0.3, -0.25) is 14.3 Å². The Hall–Kier alpha value is -4.78. The molecule has 3 aliphatic heterocycles. The molecule has 1 saturated carbocycles. The van der Waals surface area contributed by atoms with Crippen LogP contribution in [0.15, 0.2) is 48.9 Å². The number of hydrogen-bond acceptors (Lipinski definition) is 8. The standard InChI is InChI=1S/C39H48FN9O3/c1-52-33-5-2-13-42-37(33)46-20-22-47(23-21-46)38(51)32-25-31-29(27-6-9-39(10-7-27)11-14-41-15-12-39)24-30(35(40)36(31)44-32)28-4-3-17-48(26-28)34(50)8-18-49-19-16-43-45-49/h2,4-5,13,16,19,24-25,27,41,44H,3,6-12,14-15,17-18,20-23,26H2,1H3. The smallest absolute Gasteiger partial charge is 0.270 e. The molecule has 6 heterocycles. The van der Waals surface area contributed by atoms with Crippen molar-refractivity contribution < 1.29 is 18.7 Å². The van der Waals surface area contributed by atoms with E-state index in [0.29, 0.717) is 86.6 Å². The molecule has 52 heavy (non-hydrogen) atoms. The van der Waals surface area contributed by atoms with Crippen molar-refractivity contribution in [1.82, 2.24) is 40.1 Å². The highest BCUT2D eigenvalue weighted by molar-refractivity contribution is 6.00. The van der Waals surface area contributed by atoms with Gasteiger partial charge in [-0.2, -0.15) is 0 Å². The van der Waals surface area contributed by atoms with E-state index in [1.54, 1.807) is 30.4 Å². The SMILES string of the molecule is COc1cccnc1N1CCN(C(=O)c2cc3c(C4CCC5(CCNCC5)CC4)cc(C4=CCCN(C(=O)CCn5ccnn5)C4)c(F)c3[nH]2)CC1. The van der Waals surface area contributed by atoms with Gasteiger partial charge in [-0.15, -0.1) is 5.10 Å². The number of aryl methyl sites for hydroxylation is 1. The lowest BCUT2D eigenvalue weighted by atomic mass is 9.64. The summed E-state index contributed by atoms with van der Waals surface area (Å²) in [5.41, 5.74) is 3.62. The molecule has 2 N–H and O–H groups in total. The van der Waals surface area contributed by atoms with E-state index in [0.717, 1.165) is 61.1 Å². The van der Waals surface area contributed by atoms with Gasteiger partial charge in [0.05, 0.1) is 25.4 Å². The molecule has 3 fully saturated rings. The number of amides is 2. The summed E-state index contributed by atoms with van der Waals surface area (Å²) >= 11 is 0. The highest BCUT2D eigenvalue weighted by Gasteiger charge is 2.38. The molecule has 1 aliphatic carbocycles. The molecule has 2 saturated heterocycles. The fourth-order valence-electron chi connectivity index (χ4n) is 8.91. The predicted octanol–water partition coefficient (Wildman–Crippen LogP) is 5.00. The maximum atomic E-state index is 16.8.